The van der Waals surface area contributed by atoms with Crippen LogP contribution in [0.3, 0.4) is 0 Å². The number of anilines is 1. The lowest BCUT2D eigenvalue weighted by atomic mass is 9.99. The van der Waals surface area contributed by atoms with E-state index in [2.05, 4.69) is 20.1 Å². The van der Waals surface area contributed by atoms with Crippen LogP contribution >= 0.6 is 0 Å². The number of aromatic nitrogens is 3. The van der Waals surface area contributed by atoms with Crippen LogP contribution in [0.5, 0.6) is 0 Å². The van der Waals surface area contributed by atoms with Crippen molar-refractivity contribution in [2.75, 3.05) is 5.32 Å². The van der Waals surface area contributed by atoms with Gasteiger partial charge in [0.15, 0.2) is 10.5 Å². The summed E-state index contributed by atoms with van der Waals surface area (Å²) in [7, 11) is -2.09. The van der Waals surface area contributed by atoms with Crippen molar-refractivity contribution in [2.45, 2.75) is 58.1 Å². The molecule has 0 saturated carbocycles. The molecule has 3 heterocycles. The lowest BCUT2D eigenvalue weighted by Crippen LogP contribution is -2.41. The first-order valence-electron chi connectivity index (χ1n) is 11.6. The number of pyridine rings is 1. The Morgan fingerprint density at radius 2 is 1.89 bits per heavy atom. The molecule has 0 spiro atoms. The van der Waals surface area contributed by atoms with Crippen molar-refractivity contribution >= 4 is 26.7 Å². The minimum atomic E-state index is -3.89. The molecule has 0 amide bonds. The van der Waals surface area contributed by atoms with Crippen LogP contribution in [0.2, 0.25) is 0 Å². The smallest absolute Gasteiger partial charge is 0.260 e. The number of aryl methyl sites for hydroxylation is 2. The first kappa shape index (κ1) is 25.6. The molecule has 0 aliphatic carbocycles. The molecule has 3 aromatic heterocycles. The SMILES string of the molecule is Cc1cc([C@@H](C)Nc2cccnc2S(=O)(=O)NC(C)(C)C)c2oc(-c3cnn(C)c3)c(C)c(=O)c2c1. The number of benzene rings is 1. The van der Waals surface area contributed by atoms with Crippen molar-refractivity contribution in [1.29, 1.82) is 0 Å². The Labute approximate surface area is 210 Å². The van der Waals surface area contributed by atoms with E-state index >= 15 is 0 Å². The van der Waals surface area contributed by atoms with Gasteiger partial charge in [0.25, 0.3) is 10.0 Å². The molecule has 10 heteroatoms. The molecular formula is C26H31N5O4S. The molecule has 4 rings (SSSR count). The van der Waals surface area contributed by atoms with E-state index in [1.165, 1.54) is 6.20 Å². The van der Waals surface area contributed by atoms with Gasteiger partial charge >= 0.3 is 0 Å². The monoisotopic (exact) mass is 509 g/mol. The van der Waals surface area contributed by atoms with Crippen LogP contribution in [0.15, 0.2) is 57.1 Å². The molecule has 0 aliphatic heterocycles. The summed E-state index contributed by atoms with van der Waals surface area (Å²) in [5.74, 6) is 0.455. The predicted molar refractivity (Wildman–Crippen MR) is 141 cm³/mol. The second-order valence-electron chi connectivity index (χ2n) is 10.1. The normalized spacial score (nSPS) is 13.2. The third kappa shape index (κ3) is 5.05. The maximum absolute atomic E-state index is 13.3. The van der Waals surface area contributed by atoms with Gasteiger partial charge in [-0.25, -0.2) is 18.1 Å². The molecule has 36 heavy (non-hydrogen) atoms. The Balaban J connectivity index is 1.83. The van der Waals surface area contributed by atoms with Crippen molar-refractivity contribution in [3.63, 3.8) is 0 Å². The Morgan fingerprint density at radius 3 is 2.53 bits per heavy atom. The van der Waals surface area contributed by atoms with Gasteiger partial charge in [0.05, 0.1) is 28.9 Å². The van der Waals surface area contributed by atoms with Gasteiger partial charge in [-0.05, 0) is 65.3 Å². The molecule has 0 radical (unpaired) electrons. The summed E-state index contributed by atoms with van der Waals surface area (Å²) < 4.78 is 36.8. The highest BCUT2D eigenvalue weighted by Gasteiger charge is 2.27. The van der Waals surface area contributed by atoms with Crippen molar-refractivity contribution in [2.24, 2.45) is 7.05 Å². The number of sulfonamides is 1. The van der Waals surface area contributed by atoms with E-state index in [0.717, 1.165) is 11.1 Å². The van der Waals surface area contributed by atoms with Crippen LogP contribution in [-0.4, -0.2) is 28.7 Å². The topological polar surface area (TPSA) is 119 Å². The number of fused-ring (bicyclic) bond motifs is 1. The number of hydrogen-bond donors (Lipinski definition) is 2. The summed E-state index contributed by atoms with van der Waals surface area (Å²) in [5.41, 5.74) is 2.82. The molecular weight excluding hydrogens is 478 g/mol. The molecule has 0 aliphatic rings. The zero-order valence-corrected chi connectivity index (χ0v) is 22.3. The molecule has 1 aromatic carbocycles. The first-order valence-corrected chi connectivity index (χ1v) is 13.1. The van der Waals surface area contributed by atoms with Gasteiger partial charge in [-0.15, -0.1) is 0 Å². The molecule has 0 bridgehead atoms. The minimum Gasteiger partial charge on any atom is -0.455 e. The second kappa shape index (κ2) is 9.18. The average Bonchev–Trinajstić information content (AvgIpc) is 3.20. The van der Waals surface area contributed by atoms with Crippen LogP contribution in [0.25, 0.3) is 22.3 Å². The highest BCUT2D eigenvalue weighted by Crippen LogP contribution is 2.33. The molecule has 9 nitrogen and oxygen atoms in total. The standard InChI is InChI=1S/C26H31N5O4S/c1-15-11-19(17(3)29-21-9-8-10-27-25(21)36(33,34)30-26(4,5)6)24-20(12-15)22(32)16(2)23(35-24)18-13-28-31(7)14-18/h8-14,17,29-30H,1-7H3/t17-/m1/s1. The molecule has 1 atom stereocenters. The van der Waals surface area contributed by atoms with Crippen molar-refractivity contribution in [1.82, 2.24) is 19.5 Å². The van der Waals surface area contributed by atoms with Crippen molar-refractivity contribution in [3.8, 4) is 11.3 Å². The zero-order chi connectivity index (χ0) is 26.4. The Morgan fingerprint density at radius 1 is 1.17 bits per heavy atom. The summed E-state index contributed by atoms with van der Waals surface area (Å²) in [6.07, 6.45) is 4.89. The van der Waals surface area contributed by atoms with Gasteiger partial charge < -0.3 is 9.73 Å². The van der Waals surface area contributed by atoms with Crippen LogP contribution < -0.4 is 15.5 Å². The van der Waals surface area contributed by atoms with E-state index in [-0.39, 0.29) is 10.5 Å². The largest absolute Gasteiger partial charge is 0.455 e. The fraction of sp³-hybridized carbons (Fsp3) is 0.346. The Bertz CT molecular complexity index is 1610. The van der Waals surface area contributed by atoms with E-state index < -0.39 is 21.6 Å². The van der Waals surface area contributed by atoms with E-state index in [1.807, 2.05) is 26.0 Å². The fourth-order valence-corrected chi connectivity index (χ4v) is 5.70. The van der Waals surface area contributed by atoms with E-state index in [9.17, 15) is 13.2 Å². The van der Waals surface area contributed by atoms with Crippen LogP contribution in [-0.2, 0) is 17.1 Å². The third-order valence-corrected chi connectivity index (χ3v) is 7.38. The molecule has 2 N–H and O–H groups in total. The summed E-state index contributed by atoms with van der Waals surface area (Å²) in [6, 6.07) is 6.67. The molecule has 0 fully saturated rings. The number of hydrogen-bond acceptors (Lipinski definition) is 7. The molecule has 4 aromatic rings. The summed E-state index contributed by atoms with van der Waals surface area (Å²) in [5, 5.41) is 7.85. The highest BCUT2D eigenvalue weighted by atomic mass is 32.2. The van der Waals surface area contributed by atoms with Gasteiger partial charge in [0.1, 0.15) is 11.3 Å². The van der Waals surface area contributed by atoms with Crippen LogP contribution in [0.1, 0.15) is 50.4 Å². The molecule has 0 saturated heterocycles. The van der Waals surface area contributed by atoms with E-state index in [1.54, 1.807) is 64.0 Å². The second-order valence-corrected chi connectivity index (χ2v) is 11.7. The van der Waals surface area contributed by atoms with Gasteiger partial charge in [0.2, 0.25) is 0 Å². The van der Waals surface area contributed by atoms with E-state index in [4.69, 9.17) is 4.42 Å². The quantitative estimate of drug-likeness (QED) is 0.394. The van der Waals surface area contributed by atoms with Crippen molar-refractivity contribution < 1.29 is 12.8 Å². The van der Waals surface area contributed by atoms with Crippen LogP contribution in [0.4, 0.5) is 5.69 Å². The summed E-state index contributed by atoms with van der Waals surface area (Å²) >= 11 is 0. The molecule has 0 unspecified atom stereocenters. The van der Waals surface area contributed by atoms with Gasteiger partial charge in [-0.1, -0.05) is 6.07 Å². The minimum absolute atomic E-state index is 0.0999. The van der Waals surface area contributed by atoms with Gasteiger partial charge in [0, 0.05) is 36.1 Å². The fourth-order valence-electron chi connectivity index (χ4n) is 4.18. The van der Waals surface area contributed by atoms with E-state index in [0.29, 0.717) is 33.5 Å². The number of nitrogens with zero attached hydrogens (tertiary/aromatic N) is 3. The molecule has 190 valence electrons. The lowest BCUT2D eigenvalue weighted by Gasteiger charge is -2.23. The predicted octanol–water partition coefficient (Wildman–Crippen LogP) is 4.46. The van der Waals surface area contributed by atoms with Crippen LogP contribution in [0, 0.1) is 13.8 Å². The Hall–Kier alpha value is -3.50. The van der Waals surface area contributed by atoms with Gasteiger partial charge in [-0.3, -0.25) is 9.48 Å². The lowest BCUT2D eigenvalue weighted by molar-refractivity contribution is 0.490. The average molecular weight is 510 g/mol. The highest BCUT2D eigenvalue weighted by molar-refractivity contribution is 7.89. The summed E-state index contributed by atoms with van der Waals surface area (Å²) in [4.78, 5) is 17.5. The Kier molecular flexibility index (Phi) is 6.52. The van der Waals surface area contributed by atoms with Crippen molar-refractivity contribution in [3.05, 3.63) is 69.8 Å². The first-order chi connectivity index (χ1) is 16.8. The number of rotatable bonds is 6. The number of nitrogens with one attached hydrogen (secondary N) is 2. The van der Waals surface area contributed by atoms with Gasteiger partial charge in [-0.2, -0.15) is 5.10 Å². The maximum Gasteiger partial charge on any atom is 0.260 e. The summed E-state index contributed by atoms with van der Waals surface area (Å²) in [6.45, 7) is 10.8. The third-order valence-electron chi connectivity index (χ3n) is 5.66. The maximum atomic E-state index is 13.3. The zero-order valence-electron chi connectivity index (χ0n) is 21.5.